The van der Waals surface area contributed by atoms with Gasteiger partial charge in [-0.1, -0.05) is 0 Å². The molecule has 1 saturated heterocycles. The molecule has 0 radical (unpaired) electrons. The molecule has 0 bridgehead atoms. The van der Waals surface area contributed by atoms with Crippen LogP contribution >= 0.6 is 0 Å². The second-order valence-corrected chi connectivity index (χ2v) is 8.81. The lowest BCUT2D eigenvalue weighted by Crippen LogP contribution is -2.46. The minimum Gasteiger partial charge on any atom is -0.497 e. The summed E-state index contributed by atoms with van der Waals surface area (Å²) in [5, 5.41) is 3.78. The van der Waals surface area contributed by atoms with Crippen molar-refractivity contribution in [2.75, 3.05) is 65.0 Å². The summed E-state index contributed by atoms with van der Waals surface area (Å²) in [6, 6.07) is 14.0. The van der Waals surface area contributed by atoms with Crippen molar-refractivity contribution in [3.8, 4) is 11.5 Å². The van der Waals surface area contributed by atoms with Crippen LogP contribution in [0.1, 0.15) is 18.4 Å². The summed E-state index contributed by atoms with van der Waals surface area (Å²) < 4.78 is 15.6. The van der Waals surface area contributed by atoms with E-state index in [1.54, 1.807) is 14.2 Å². The molecule has 2 N–H and O–H groups in total. The van der Waals surface area contributed by atoms with Gasteiger partial charge in [0.05, 0.1) is 13.7 Å². The van der Waals surface area contributed by atoms with Crippen molar-refractivity contribution in [1.29, 1.82) is 0 Å². The Kier molecular flexibility index (Phi) is 8.86. The van der Waals surface area contributed by atoms with Crippen molar-refractivity contribution < 1.29 is 19.0 Å². The Morgan fingerprint density at radius 1 is 1.00 bits per heavy atom. The number of methoxy groups -OCH3 is 2. The van der Waals surface area contributed by atoms with E-state index in [4.69, 9.17) is 14.2 Å². The number of unbranched alkanes of at least 4 members (excludes halogenated alkanes) is 1. The monoisotopic (exact) mass is 480 g/mol. The Bertz CT molecular complexity index is 1070. The highest BCUT2D eigenvalue weighted by Crippen LogP contribution is 2.25. The topological polar surface area (TPSA) is 79.1 Å². The average molecular weight is 481 g/mol. The molecule has 1 aliphatic rings. The first-order valence-electron chi connectivity index (χ1n) is 12.3. The second kappa shape index (κ2) is 12.5. The zero-order valence-electron chi connectivity index (χ0n) is 20.7. The van der Waals surface area contributed by atoms with E-state index in [1.807, 2.05) is 30.3 Å². The molecule has 1 aromatic heterocycles. The van der Waals surface area contributed by atoms with Crippen LogP contribution in [0.15, 0.2) is 48.7 Å². The first-order valence-corrected chi connectivity index (χ1v) is 12.3. The van der Waals surface area contributed by atoms with Crippen molar-refractivity contribution in [2.45, 2.75) is 19.3 Å². The zero-order valence-corrected chi connectivity index (χ0v) is 20.7. The highest BCUT2D eigenvalue weighted by Gasteiger charge is 2.17. The lowest BCUT2D eigenvalue weighted by Gasteiger charge is -2.36. The van der Waals surface area contributed by atoms with Gasteiger partial charge in [-0.05, 0) is 73.8 Å². The maximum atomic E-state index is 11.9. The van der Waals surface area contributed by atoms with Gasteiger partial charge in [0.1, 0.15) is 11.5 Å². The van der Waals surface area contributed by atoms with Crippen molar-refractivity contribution in [3.05, 3.63) is 54.2 Å². The number of hydrogen-bond acceptors (Lipinski definition) is 6. The van der Waals surface area contributed by atoms with Crippen LogP contribution in [-0.2, 0) is 11.2 Å². The number of aryl methyl sites for hydroxylation is 1. The van der Waals surface area contributed by atoms with Crippen molar-refractivity contribution in [3.63, 3.8) is 0 Å². The predicted octanol–water partition coefficient (Wildman–Crippen LogP) is 4.06. The molecule has 35 heavy (non-hydrogen) atoms. The predicted molar refractivity (Wildman–Crippen MR) is 139 cm³/mol. The van der Waals surface area contributed by atoms with Gasteiger partial charge in [0.25, 0.3) is 0 Å². The highest BCUT2D eigenvalue weighted by molar-refractivity contribution is 5.85. The van der Waals surface area contributed by atoms with E-state index in [-0.39, 0.29) is 0 Å². The number of nitrogens with zero attached hydrogens (tertiary/aromatic N) is 2. The van der Waals surface area contributed by atoms with Gasteiger partial charge in [0.2, 0.25) is 0 Å². The molecule has 0 aliphatic carbocycles. The van der Waals surface area contributed by atoms with Gasteiger partial charge in [-0.15, -0.1) is 0 Å². The molecule has 3 aromatic rings. The number of piperazine rings is 1. The van der Waals surface area contributed by atoms with E-state index in [9.17, 15) is 4.79 Å². The van der Waals surface area contributed by atoms with E-state index < -0.39 is 6.09 Å². The van der Waals surface area contributed by atoms with Gasteiger partial charge < -0.3 is 29.4 Å². The quantitative estimate of drug-likeness (QED) is 0.403. The van der Waals surface area contributed by atoms with Crippen LogP contribution in [0.5, 0.6) is 11.5 Å². The fourth-order valence-electron chi connectivity index (χ4n) is 4.50. The Morgan fingerprint density at radius 3 is 2.51 bits per heavy atom. The fourth-order valence-corrected chi connectivity index (χ4v) is 4.50. The molecule has 1 aliphatic heterocycles. The van der Waals surface area contributed by atoms with E-state index in [0.717, 1.165) is 68.6 Å². The number of amides is 1. The molecule has 1 amide bonds. The first-order chi connectivity index (χ1) is 17.2. The van der Waals surface area contributed by atoms with Crippen molar-refractivity contribution >= 4 is 22.7 Å². The molecule has 0 spiro atoms. The number of carbonyl (C=O) groups is 1. The number of anilines is 1. The maximum Gasteiger partial charge on any atom is 0.412 e. The third-order valence-electron chi connectivity index (χ3n) is 6.51. The SMILES string of the molecule is COCCNC(=O)Oc1ccc2[nH]cc(CCCCN3CCN(c4ccc(OC)cc4)CC3)c2c1. The number of ether oxygens (including phenoxy) is 3. The second-order valence-electron chi connectivity index (χ2n) is 8.81. The van der Waals surface area contributed by atoms with Crippen LogP contribution in [0.25, 0.3) is 10.9 Å². The molecular formula is C27H36N4O4. The van der Waals surface area contributed by atoms with Gasteiger partial charge >= 0.3 is 6.09 Å². The van der Waals surface area contributed by atoms with Crippen LogP contribution < -0.4 is 19.7 Å². The number of nitrogens with one attached hydrogen (secondary N) is 2. The first kappa shape index (κ1) is 24.9. The summed E-state index contributed by atoms with van der Waals surface area (Å²) in [5.74, 6) is 1.44. The third-order valence-corrected chi connectivity index (χ3v) is 6.51. The molecule has 0 unspecified atom stereocenters. The molecule has 8 nitrogen and oxygen atoms in total. The number of H-pyrrole nitrogens is 1. The number of hydrogen-bond donors (Lipinski definition) is 2. The minimum atomic E-state index is -0.467. The highest BCUT2D eigenvalue weighted by atomic mass is 16.6. The van der Waals surface area contributed by atoms with Gasteiger partial charge in [0.15, 0.2) is 0 Å². The van der Waals surface area contributed by atoms with E-state index in [2.05, 4.69) is 38.4 Å². The van der Waals surface area contributed by atoms with Gasteiger partial charge in [-0.25, -0.2) is 4.79 Å². The molecule has 2 aromatic carbocycles. The Hall–Kier alpha value is -3.23. The summed E-state index contributed by atoms with van der Waals surface area (Å²) in [6.45, 7) is 6.28. The largest absolute Gasteiger partial charge is 0.497 e. The number of aromatic nitrogens is 1. The summed E-state index contributed by atoms with van der Waals surface area (Å²) in [4.78, 5) is 20.3. The van der Waals surface area contributed by atoms with Crippen molar-refractivity contribution in [2.24, 2.45) is 0 Å². The summed E-state index contributed by atoms with van der Waals surface area (Å²) in [5.41, 5.74) is 3.58. The van der Waals surface area contributed by atoms with Gasteiger partial charge in [-0.3, -0.25) is 4.90 Å². The number of fused-ring (bicyclic) bond motifs is 1. The lowest BCUT2D eigenvalue weighted by atomic mass is 10.1. The number of benzene rings is 2. The number of rotatable bonds is 11. The van der Waals surface area contributed by atoms with Crippen LogP contribution in [-0.4, -0.2) is 76.1 Å². The molecule has 4 rings (SSSR count). The smallest absolute Gasteiger partial charge is 0.412 e. The van der Waals surface area contributed by atoms with Crippen LogP contribution in [0.3, 0.4) is 0 Å². The maximum absolute atomic E-state index is 11.9. The van der Waals surface area contributed by atoms with E-state index in [1.165, 1.54) is 11.3 Å². The van der Waals surface area contributed by atoms with Crippen LogP contribution in [0, 0.1) is 0 Å². The van der Waals surface area contributed by atoms with Crippen LogP contribution in [0.2, 0.25) is 0 Å². The lowest BCUT2D eigenvalue weighted by molar-refractivity contribution is 0.180. The standard InChI is InChI=1S/C27H36N4O4/c1-33-18-12-28-27(32)35-24-10-11-26-25(19-24)21(20-29-26)5-3-4-13-30-14-16-31(17-15-30)22-6-8-23(34-2)9-7-22/h6-11,19-20,29H,3-5,12-18H2,1-2H3,(H,28,32). The molecule has 2 heterocycles. The number of aromatic amines is 1. The zero-order chi connectivity index (χ0) is 24.5. The minimum absolute atomic E-state index is 0.420. The molecule has 188 valence electrons. The molecule has 8 heteroatoms. The molecular weight excluding hydrogens is 444 g/mol. The average Bonchev–Trinajstić information content (AvgIpc) is 3.29. The van der Waals surface area contributed by atoms with Crippen LogP contribution in [0.4, 0.5) is 10.5 Å². The normalized spacial score (nSPS) is 14.3. The Morgan fingerprint density at radius 2 is 1.77 bits per heavy atom. The third kappa shape index (κ3) is 6.90. The fraction of sp³-hybridized carbons (Fsp3) is 0.444. The summed E-state index contributed by atoms with van der Waals surface area (Å²) >= 11 is 0. The molecule has 0 saturated carbocycles. The Labute approximate surface area is 207 Å². The van der Waals surface area contributed by atoms with Gasteiger partial charge in [0, 0.05) is 62.6 Å². The van der Waals surface area contributed by atoms with E-state index in [0.29, 0.717) is 18.9 Å². The molecule has 1 fully saturated rings. The van der Waals surface area contributed by atoms with Gasteiger partial charge in [-0.2, -0.15) is 0 Å². The Balaban J connectivity index is 1.20. The molecule has 0 atom stereocenters. The summed E-state index contributed by atoms with van der Waals surface area (Å²) in [6.07, 6.45) is 4.88. The number of carbonyl (C=O) groups excluding carboxylic acids is 1. The van der Waals surface area contributed by atoms with Crippen molar-refractivity contribution in [1.82, 2.24) is 15.2 Å². The van der Waals surface area contributed by atoms with E-state index >= 15 is 0 Å². The summed E-state index contributed by atoms with van der Waals surface area (Å²) in [7, 11) is 3.29.